The third kappa shape index (κ3) is 17.7. The summed E-state index contributed by atoms with van der Waals surface area (Å²) in [6.45, 7) is 35.9. The van der Waals surface area contributed by atoms with Gasteiger partial charge in [0.15, 0.2) is 0 Å². The molecule has 0 fully saturated rings. The van der Waals surface area contributed by atoms with Gasteiger partial charge in [-0.15, -0.1) is 0 Å². The Balaban J connectivity index is -0.000000244. The van der Waals surface area contributed by atoms with E-state index in [0.717, 1.165) is 38.8 Å². The Kier molecular flexibility index (Phi) is 24.5. The number of nitrogens with one attached hydrogen (secondary N) is 2. The molecular weight excluding hydrogens is 424 g/mol. The highest BCUT2D eigenvalue weighted by molar-refractivity contribution is 5.45. The van der Waals surface area contributed by atoms with E-state index in [9.17, 15) is 4.79 Å². The van der Waals surface area contributed by atoms with E-state index in [2.05, 4.69) is 93.7 Å². The fraction of sp³-hybridized carbons (Fsp3) is 0.966. The fourth-order valence-corrected chi connectivity index (χ4v) is 2.77. The SMILES string of the molecule is CC.CC.CCC(C)NC(CC)CNC=O.COC(C)(C)CCOC(C)(C)C(C)(C)C(C)(C)C. The summed E-state index contributed by atoms with van der Waals surface area (Å²) in [5.41, 5.74) is 0.0293. The topological polar surface area (TPSA) is 59.6 Å². The summed E-state index contributed by atoms with van der Waals surface area (Å²) in [7, 11) is 1.75. The Morgan fingerprint density at radius 2 is 1.32 bits per heavy atom. The van der Waals surface area contributed by atoms with Gasteiger partial charge in [0, 0.05) is 25.7 Å². The lowest BCUT2D eigenvalue weighted by Gasteiger charge is -2.50. The molecule has 2 atom stereocenters. The molecule has 0 bridgehead atoms. The number of ether oxygens (including phenoxy) is 2. The molecule has 210 valence electrons. The minimum absolute atomic E-state index is 0.0945. The van der Waals surface area contributed by atoms with Gasteiger partial charge in [0.1, 0.15) is 0 Å². The zero-order chi connectivity index (χ0) is 28.2. The van der Waals surface area contributed by atoms with Crippen molar-refractivity contribution in [1.29, 1.82) is 0 Å². The van der Waals surface area contributed by atoms with Crippen LogP contribution < -0.4 is 10.6 Å². The number of carbonyl (C=O) groups is 1. The zero-order valence-electron chi connectivity index (χ0n) is 26.5. The summed E-state index contributed by atoms with van der Waals surface area (Å²) in [5, 5.41) is 6.12. The maximum absolute atomic E-state index is 10.0. The van der Waals surface area contributed by atoms with Crippen molar-refractivity contribution in [3.05, 3.63) is 0 Å². The monoisotopic (exact) mass is 491 g/mol. The predicted octanol–water partition coefficient (Wildman–Crippen LogP) is 7.62. The quantitative estimate of drug-likeness (QED) is 0.261. The lowest BCUT2D eigenvalue weighted by Crippen LogP contribution is -2.50. The predicted molar refractivity (Wildman–Crippen MR) is 153 cm³/mol. The van der Waals surface area contributed by atoms with Crippen LogP contribution >= 0.6 is 0 Å². The van der Waals surface area contributed by atoms with Crippen LogP contribution in [0.15, 0.2) is 0 Å². The van der Waals surface area contributed by atoms with Crippen LogP contribution in [-0.4, -0.2) is 50.0 Å². The number of carbonyl (C=O) groups excluding carboxylic acids is 1. The van der Waals surface area contributed by atoms with Crippen molar-refractivity contribution < 1.29 is 14.3 Å². The molecule has 0 spiro atoms. The molecule has 0 aromatic heterocycles. The molecule has 2 unspecified atom stereocenters. The molecule has 0 aromatic carbocycles. The van der Waals surface area contributed by atoms with Crippen molar-refractivity contribution in [2.75, 3.05) is 20.3 Å². The van der Waals surface area contributed by atoms with Gasteiger partial charge in [0.25, 0.3) is 0 Å². The molecule has 0 saturated heterocycles. The van der Waals surface area contributed by atoms with E-state index in [-0.39, 0.29) is 22.0 Å². The van der Waals surface area contributed by atoms with E-state index in [1.807, 2.05) is 27.7 Å². The molecule has 5 heteroatoms. The molecule has 1 amide bonds. The van der Waals surface area contributed by atoms with Crippen LogP contribution in [0, 0.1) is 10.8 Å². The van der Waals surface area contributed by atoms with Gasteiger partial charge in [0.05, 0.1) is 17.8 Å². The second kappa shape index (κ2) is 20.5. The fourth-order valence-electron chi connectivity index (χ4n) is 2.77. The minimum Gasteiger partial charge on any atom is -0.379 e. The molecule has 0 aliphatic heterocycles. The Labute approximate surface area is 215 Å². The van der Waals surface area contributed by atoms with E-state index in [0.29, 0.717) is 12.1 Å². The number of hydrogen-bond acceptors (Lipinski definition) is 4. The largest absolute Gasteiger partial charge is 0.379 e. The molecule has 0 aliphatic rings. The first kappa shape index (κ1) is 40.5. The van der Waals surface area contributed by atoms with Gasteiger partial charge < -0.3 is 20.1 Å². The average Bonchev–Trinajstić information content (AvgIpc) is 2.78. The molecule has 34 heavy (non-hydrogen) atoms. The number of methoxy groups -OCH3 is 1. The van der Waals surface area contributed by atoms with E-state index >= 15 is 0 Å². The molecule has 0 radical (unpaired) electrons. The van der Waals surface area contributed by atoms with E-state index < -0.39 is 0 Å². The molecule has 2 N–H and O–H groups in total. The van der Waals surface area contributed by atoms with Crippen LogP contribution in [0.2, 0.25) is 0 Å². The van der Waals surface area contributed by atoms with Gasteiger partial charge in [-0.05, 0) is 64.7 Å². The van der Waals surface area contributed by atoms with Crippen molar-refractivity contribution >= 4 is 6.41 Å². The summed E-state index contributed by atoms with van der Waals surface area (Å²) in [6, 6.07) is 0.938. The molecule has 5 nitrogen and oxygen atoms in total. The Bertz CT molecular complexity index is 455. The first-order valence-corrected chi connectivity index (χ1v) is 13.6. The van der Waals surface area contributed by atoms with Gasteiger partial charge in [0.2, 0.25) is 6.41 Å². The van der Waals surface area contributed by atoms with Crippen LogP contribution in [0.5, 0.6) is 0 Å². The standard InChI is InChI=1S/C16H34O2.C9H20N2O.2C2H6/c1-13(2,3)15(6,7)16(8,9)18-12-11-14(4,5)17-10;1-4-8(3)11-9(5-2)6-10-7-12;2*1-2/h11-12H2,1-10H3;7-9,11H,4-6H2,1-3H3,(H,10,12);2*1-2H3. The molecule has 0 rings (SSSR count). The lowest BCUT2D eigenvalue weighted by molar-refractivity contribution is -0.148. The Morgan fingerprint density at radius 3 is 1.65 bits per heavy atom. The van der Waals surface area contributed by atoms with Gasteiger partial charge in [-0.1, -0.05) is 76.2 Å². The van der Waals surface area contributed by atoms with E-state index in [1.165, 1.54) is 0 Å². The van der Waals surface area contributed by atoms with E-state index in [4.69, 9.17) is 9.47 Å². The lowest BCUT2D eigenvalue weighted by atomic mass is 9.61. The van der Waals surface area contributed by atoms with Crippen molar-refractivity contribution in [2.45, 2.75) is 153 Å². The maximum atomic E-state index is 10.0. The normalized spacial score (nSPS) is 13.7. The van der Waals surface area contributed by atoms with Crippen LogP contribution in [0.3, 0.4) is 0 Å². The van der Waals surface area contributed by atoms with Crippen LogP contribution in [0.4, 0.5) is 0 Å². The third-order valence-electron chi connectivity index (χ3n) is 7.17. The molecule has 0 saturated carbocycles. The number of rotatable bonds is 13. The second-order valence-electron chi connectivity index (χ2n) is 11.1. The van der Waals surface area contributed by atoms with Crippen molar-refractivity contribution in [1.82, 2.24) is 10.6 Å². The van der Waals surface area contributed by atoms with Crippen LogP contribution in [-0.2, 0) is 14.3 Å². The first-order chi connectivity index (χ1) is 15.5. The summed E-state index contributed by atoms with van der Waals surface area (Å²) in [5.74, 6) is 0. The molecule has 0 heterocycles. The smallest absolute Gasteiger partial charge is 0.207 e. The molecular formula is C29H66N2O3. The van der Waals surface area contributed by atoms with Crippen LogP contribution in [0.1, 0.15) is 130 Å². The van der Waals surface area contributed by atoms with Gasteiger partial charge in [-0.25, -0.2) is 0 Å². The Hall–Kier alpha value is -0.650. The summed E-state index contributed by atoms with van der Waals surface area (Å²) in [6.07, 6.45) is 3.83. The van der Waals surface area contributed by atoms with Gasteiger partial charge >= 0.3 is 0 Å². The van der Waals surface area contributed by atoms with Crippen molar-refractivity contribution in [3.8, 4) is 0 Å². The minimum atomic E-state index is -0.158. The maximum Gasteiger partial charge on any atom is 0.207 e. The molecule has 0 aliphatic carbocycles. The first-order valence-electron chi connectivity index (χ1n) is 13.6. The number of hydrogen-bond donors (Lipinski definition) is 2. The van der Waals surface area contributed by atoms with Crippen LogP contribution in [0.25, 0.3) is 0 Å². The summed E-state index contributed by atoms with van der Waals surface area (Å²) < 4.78 is 11.6. The average molecular weight is 491 g/mol. The van der Waals surface area contributed by atoms with Crippen molar-refractivity contribution in [2.24, 2.45) is 10.8 Å². The van der Waals surface area contributed by atoms with Crippen molar-refractivity contribution in [3.63, 3.8) is 0 Å². The highest BCUT2D eigenvalue weighted by atomic mass is 16.5. The van der Waals surface area contributed by atoms with Gasteiger partial charge in [-0.2, -0.15) is 0 Å². The van der Waals surface area contributed by atoms with Gasteiger partial charge in [-0.3, -0.25) is 4.79 Å². The third-order valence-corrected chi connectivity index (χ3v) is 7.17. The molecule has 0 aromatic rings. The highest BCUT2D eigenvalue weighted by Crippen LogP contribution is 2.47. The van der Waals surface area contributed by atoms with E-state index in [1.54, 1.807) is 7.11 Å². The second-order valence-corrected chi connectivity index (χ2v) is 11.1. The summed E-state index contributed by atoms with van der Waals surface area (Å²) in [4.78, 5) is 10.0. The number of amides is 1. The summed E-state index contributed by atoms with van der Waals surface area (Å²) >= 11 is 0. The Morgan fingerprint density at radius 1 is 0.853 bits per heavy atom. The highest BCUT2D eigenvalue weighted by Gasteiger charge is 2.46. The zero-order valence-corrected chi connectivity index (χ0v) is 26.5.